The van der Waals surface area contributed by atoms with E-state index in [9.17, 15) is 13.2 Å². The first kappa shape index (κ1) is 10.5. The minimum atomic E-state index is -2.86. The van der Waals surface area contributed by atoms with E-state index in [0.29, 0.717) is 12.8 Å². The highest BCUT2D eigenvalue weighted by Gasteiger charge is 2.30. The summed E-state index contributed by atoms with van der Waals surface area (Å²) in [7, 11) is -2.86. The predicted molar refractivity (Wildman–Crippen MR) is 48.2 cm³/mol. The SMILES string of the molecule is CC(CC1CCS(=O)(=O)C1)C(=O)O. The van der Waals surface area contributed by atoms with Crippen LogP contribution >= 0.6 is 0 Å². The van der Waals surface area contributed by atoms with Crippen molar-refractivity contribution in [3.8, 4) is 0 Å². The lowest BCUT2D eigenvalue weighted by molar-refractivity contribution is -0.141. The van der Waals surface area contributed by atoms with Crippen LogP contribution in [0.4, 0.5) is 0 Å². The molecule has 5 heteroatoms. The average Bonchev–Trinajstić information content (AvgIpc) is 2.30. The first-order chi connectivity index (χ1) is 5.91. The quantitative estimate of drug-likeness (QED) is 0.731. The molecule has 76 valence electrons. The second-order valence-electron chi connectivity index (χ2n) is 3.74. The Balaban J connectivity index is 2.45. The van der Waals surface area contributed by atoms with Crippen LogP contribution in [0, 0.1) is 11.8 Å². The van der Waals surface area contributed by atoms with Gasteiger partial charge in [-0.15, -0.1) is 0 Å². The van der Waals surface area contributed by atoms with Crippen molar-refractivity contribution in [3.05, 3.63) is 0 Å². The van der Waals surface area contributed by atoms with Crippen molar-refractivity contribution < 1.29 is 18.3 Å². The van der Waals surface area contributed by atoms with Crippen LogP contribution in [-0.4, -0.2) is 31.0 Å². The van der Waals surface area contributed by atoms with Gasteiger partial charge in [0.15, 0.2) is 9.84 Å². The molecule has 0 spiro atoms. The van der Waals surface area contributed by atoms with E-state index in [4.69, 9.17) is 5.11 Å². The molecule has 1 fully saturated rings. The molecule has 1 N–H and O–H groups in total. The van der Waals surface area contributed by atoms with Crippen molar-refractivity contribution in [2.75, 3.05) is 11.5 Å². The summed E-state index contributed by atoms with van der Waals surface area (Å²) in [5.41, 5.74) is 0. The molecule has 0 radical (unpaired) electrons. The standard InChI is InChI=1S/C8H14O4S/c1-6(8(9)10)4-7-2-3-13(11,12)5-7/h6-7H,2-5H2,1H3,(H,9,10). The van der Waals surface area contributed by atoms with Crippen molar-refractivity contribution in [2.45, 2.75) is 19.8 Å². The van der Waals surface area contributed by atoms with Gasteiger partial charge in [-0.3, -0.25) is 4.79 Å². The first-order valence-electron chi connectivity index (χ1n) is 4.34. The van der Waals surface area contributed by atoms with E-state index < -0.39 is 21.7 Å². The highest BCUT2D eigenvalue weighted by atomic mass is 32.2. The number of hydrogen-bond acceptors (Lipinski definition) is 3. The number of rotatable bonds is 3. The lowest BCUT2D eigenvalue weighted by atomic mass is 9.96. The molecule has 0 aromatic carbocycles. The molecule has 0 aromatic heterocycles. The molecule has 0 saturated carbocycles. The third-order valence-corrected chi connectivity index (χ3v) is 4.27. The van der Waals surface area contributed by atoms with E-state index in [2.05, 4.69) is 0 Å². The highest BCUT2D eigenvalue weighted by molar-refractivity contribution is 7.91. The summed E-state index contributed by atoms with van der Waals surface area (Å²) >= 11 is 0. The third-order valence-electron chi connectivity index (χ3n) is 2.44. The molecule has 0 aliphatic carbocycles. The van der Waals surface area contributed by atoms with Gasteiger partial charge in [0, 0.05) is 0 Å². The van der Waals surface area contributed by atoms with Crippen molar-refractivity contribution >= 4 is 15.8 Å². The van der Waals surface area contributed by atoms with Gasteiger partial charge >= 0.3 is 5.97 Å². The van der Waals surface area contributed by atoms with Crippen LogP contribution in [-0.2, 0) is 14.6 Å². The number of carboxylic acids is 1. The maximum atomic E-state index is 11.0. The Morgan fingerprint density at radius 3 is 2.62 bits per heavy atom. The molecule has 13 heavy (non-hydrogen) atoms. The Kier molecular flexibility index (Phi) is 2.95. The summed E-state index contributed by atoms with van der Waals surface area (Å²) in [4.78, 5) is 10.5. The molecule has 1 aliphatic rings. The molecule has 0 amide bonds. The van der Waals surface area contributed by atoms with E-state index in [-0.39, 0.29) is 17.4 Å². The Bertz CT molecular complexity index is 293. The summed E-state index contributed by atoms with van der Waals surface area (Å²) in [6, 6.07) is 0. The molecular weight excluding hydrogens is 192 g/mol. The second kappa shape index (κ2) is 3.65. The van der Waals surface area contributed by atoms with Crippen molar-refractivity contribution in [3.63, 3.8) is 0 Å². The lowest BCUT2D eigenvalue weighted by Crippen LogP contribution is -2.15. The summed E-state index contributed by atoms with van der Waals surface area (Å²) < 4.78 is 22.1. The van der Waals surface area contributed by atoms with Crippen molar-refractivity contribution in [1.82, 2.24) is 0 Å². The van der Waals surface area contributed by atoms with E-state index in [1.807, 2.05) is 0 Å². The van der Waals surface area contributed by atoms with Crippen LogP contribution < -0.4 is 0 Å². The molecule has 0 aromatic rings. The number of carbonyl (C=O) groups is 1. The van der Waals surface area contributed by atoms with Crippen LogP contribution in [0.3, 0.4) is 0 Å². The molecule has 1 saturated heterocycles. The van der Waals surface area contributed by atoms with Crippen molar-refractivity contribution in [1.29, 1.82) is 0 Å². The zero-order valence-electron chi connectivity index (χ0n) is 7.56. The van der Waals surface area contributed by atoms with Crippen LogP contribution in [0.25, 0.3) is 0 Å². The maximum absolute atomic E-state index is 11.0. The number of carboxylic acid groups (broad SMARTS) is 1. The fraction of sp³-hybridized carbons (Fsp3) is 0.875. The van der Waals surface area contributed by atoms with Gasteiger partial charge < -0.3 is 5.11 Å². The molecule has 4 nitrogen and oxygen atoms in total. The molecular formula is C8H14O4S. The van der Waals surface area contributed by atoms with E-state index in [1.165, 1.54) is 0 Å². The third kappa shape index (κ3) is 2.99. The van der Waals surface area contributed by atoms with Gasteiger partial charge in [0.25, 0.3) is 0 Å². The maximum Gasteiger partial charge on any atom is 0.306 e. The topological polar surface area (TPSA) is 71.4 Å². The first-order valence-corrected chi connectivity index (χ1v) is 6.16. The molecule has 1 aliphatic heterocycles. The van der Waals surface area contributed by atoms with Gasteiger partial charge in [0.05, 0.1) is 17.4 Å². The van der Waals surface area contributed by atoms with Gasteiger partial charge in [0.1, 0.15) is 0 Å². The van der Waals surface area contributed by atoms with Crippen LogP contribution in [0.1, 0.15) is 19.8 Å². The van der Waals surface area contributed by atoms with Gasteiger partial charge in [0.2, 0.25) is 0 Å². The summed E-state index contributed by atoms with van der Waals surface area (Å²) in [5.74, 6) is -0.826. The fourth-order valence-electron chi connectivity index (χ4n) is 1.66. The highest BCUT2D eigenvalue weighted by Crippen LogP contribution is 2.24. The minimum absolute atomic E-state index is 0.0519. The zero-order valence-corrected chi connectivity index (χ0v) is 8.38. The summed E-state index contributed by atoms with van der Waals surface area (Å²) in [6.45, 7) is 1.62. The average molecular weight is 206 g/mol. The Labute approximate surface area is 77.9 Å². The van der Waals surface area contributed by atoms with Crippen LogP contribution in [0.5, 0.6) is 0 Å². The smallest absolute Gasteiger partial charge is 0.306 e. The van der Waals surface area contributed by atoms with E-state index in [0.717, 1.165) is 0 Å². The minimum Gasteiger partial charge on any atom is -0.481 e. The number of aliphatic carboxylic acids is 1. The lowest BCUT2D eigenvalue weighted by Gasteiger charge is -2.10. The monoisotopic (exact) mass is 206 g/mol. The molecule has 2 unspecified atom stereocenters. The Morgan fingerprint density at radius 1 is 1.62 bits per heavy atom. The second-order valence-corrected chi connectivity index (χ2v) is 5.97. The predicted octanol–water partition coefficient (Wildman–Crippen LogP) is 0.532. The van der Waals surface area contributed by atoms with E-state index >= 15 is 0 Å². The largest absolute Gasteiger partial charge is 0.481 e. The zero-order chi connectivity index (χ0) is 10.1. The van der Waals surface area contributed by atoms with Gasteiger partial charge in [-0.05, 0) is 18.8 Å². The fourth-order valence-corrected chi connectivity index (χ4v) is 3.54. The van der Waals surface area contributed by atoms with Gasteiger partial charge in [-0.1, -0.05) is 6.92 Å². The summed E-state index contributed by atoms with van der Waals surface area (Å²) in [6.07, 6.45) is 1.11. The summed E-state index contributed by atoms with van der Waals surface area (Å²) in [5, 5.41) is 8.62. The van der Waals surface area contributed by atoms with Gasteiger partial charge in [-0.25, -0.2) is 8.42 Å². The molecule has 2 atom stereocenters. The Morgan fingerprint density at radius 2 is 2.23 bits per heavy atom. The molecule has 1 heterocycles. The van der Waals surface area contributed by atoms with Gasteiger partial charge in [-0.2, -0.15) is 0 Å². The van der Waals surface area contributed by atoms with Crippen LogP contribution in [0.15, 0.2) is 0 Å². The molecule has 1 rings (SSSR count). The van der Waals surface area contributed by atoms with Crippen molar-refractivity contribution in [2.24, 2.45) is 11.8 Å². The van der Waals surface area contributed by atoms with E-state index in [1.54, 1.807) is 6.92 Å². The number of hydrogen-bond donors (Lipinski definition) is 1. The molecule has 0 bridgehead atoms. The Hall–Kier alpha value is -0.580. The normalized spacial score (nSPS) is 28.5. The number of sulfone groups is 1. The van der Waals surface area contributed by atoms with Crippen LogP contribution in [0.2, 0.25) is 0 Å².